The van der Waals surface area contributed by atoms with Crippen molar-refractivity contribution in [1.29, 1.82) is 0 Å². The minimum Gasteiger partial charge on any atom is -0.493 e. The Morgan fingerprint density at radius 1 is 0.963 bits per heavy atom. The van der Waals surface area contributed by atoms with Gasteiger partial charge in [-0.15, -0.1) is 22.0 Å². The van der Waals surface area contributed by atoms with E-state index in [1.165, 1.54) is 0 Å². The van der Waals surface area contributed by atoms with Gasteiger partial charge in [-0.3, -0.25) is 0 Å². The number of hydrogen-bond acceptors (Lipinski definition) is 7. The van der Waals surface area contributed by atoms with Gasteiger partial charge in [-0.05, 0) is 24.3 Å². The van der Waals surface area contributed by atoms with Gasteiger partial charge in [-0.25, -0.2) is 0 Å². The van der Waals surface area contributed by atoms with E-state index in [0.717, 1.165) is 22.6 Å². The first-order valence-corrected chi connectivity index (χ1v) is 9.95. The van der Waals surface area contributed by atoms with Crippen molar-refractivity contribution < 1.29 is 18.6 Å². The van der Waals surface area contributed by atoms with Gasteiger partial charge in [0.1, 0.15) is 5.75 Å². The largest absolute Gasteiger partial charge is 0.493 e. The highest BCUT2D eigenvalue weighted by Gasteiger charge is 2.18. The second kappa shape index (κ2) is 9.03. The van der Waals surface area contributed by atoms with Crippen LogP contribution in [0.5, 0.6) is 5.75 Å². The Bertz CT molecular complexity index is 833. The number of rotatable bonds is 8. The van der Waals surface area contributed by atoms with Crippen molar-refractivity contribution in [3.05, 3.63) is 66.1 Å². The lowest BCUT2D eigenvalue weighted by Crippen LogP contribution is -2.00. The van der Waals surface area contributed by atoms with E-state index in [0.29, 0.717) is 37.4 Å². The quantitative estimate of drug-likeness (QED) is 0.542. The summed E-state index contributed by atoms with van der Waals surface area (Å²) in [5, 5.41) is 8.26. The maximum Gasteiger partial charge on any atom is 0.247 e. The third-order valence-corrected chi connectivity index (χ3v) is 4.89. The molecule has 0 atom stereocenters. The molecule has 2 heterocycles. The molecule has 6 nitrogen and oxygen atoms in total. The first-order chi connectivity index (χ1) is 13.4. The Morgan fingerprint density at radius 2 is 1.74 bits per heavy atom. The zero-order valence-electron chi connectivity index (χ0n) is 14.7. The second-order valence-electron chi connectivity index (χ2n) is 5.91. The molecule has 3 aromatic rings. The molecule has 1 aliphatic heterocycles. The van der Waals surface area contributed by atoms with Crippen LogP contribution < -0.4 is 4.74 Å². The van der Waals surface area contributed by atoms with E-state index < -0.39 is 0 Å². The molecule has 1 aromatic heterocycles. The summed E-state index contributed by atoms with van der Waals surface area (Å²) in [5.41, 5.74) is 1.87. The highest BCUT2D eigenvalue weighted by Crippen LogP contribution is 2.26. The van der Waals surface area contributed by atoms with Gasteiger partial charge in [0, 0.05) is 16.9 Å². The number of para-hydroxylation sites is 1. The molecule has 7 heteroatoms. The lowest BCUT2D eigenvalue weighted by Gasteiger charge is -2.08. The molecule has 2 aromatic carbocycles. The third-order valence-electron chi connectivity index (χ3n) is 3.98. The van der Waals surface area contributed by atoms with Crippen LogP contribution in [-0.4, -0.2) is 35.8 Å². The maximum absolute atomic E-state index is 5.75. The molecule has 0 radical (unpaired) electrons. The summed E-state index contributed by atoms with van der Waals surface area (Å²) in [7, 11) is 0. The van der Waals surface area contributed by atoms with Crippen molar-refractivity contribution in [2.24, 2.45) is 0 Å². The summed E-state index contributed by atoms with van der Waals surface area (Å²) in [6.45, 7) is 1.91. The molecule has 27 heavy (non-hydrogen) atoms. The van der Waals surface area contributed by atoms with Gasteiger partial charge in [-0.1, -0.05) is 30.3 Å². The number of benzene rings is 2. The van der Waals surface area contributed by atoms with Gasteiger partial charge in [-0.2, -0.15) is 0 Å². The minimum atomic E-state index is -0.271. The standard InChI is InChI=1S/C20H20N2O4S/c1-2-4-17(5-3-1)23-12-13-27-14-18-21-22-19(26-18)15-6-8-16(9-7-15)20-24-10-11-25-20/h1-9,20H,10-14H2. The Hall–Kier alpha value is -2.35. The van der Waals surface area contributed by atoms with Gasteiger partial charge in [0.25, 0.3) is 0 Å². The number of hydrogen-bond donors (Lipinski definition) is 0. The normalized spacial score (nSPS) is 14.5. The molecule has 0 saturated carbocycles. The molecule has 1 saturated heterocycles. The Balaban J connectivity index is 1.24. The van der Waals surface area contributed by atoms with Crippen molar-refractivity contribution in [3.8, 4) is 17.2 Å². The Labute approximate surface area is 161 Å². The summed E-state index contributed by atoms with van der Waals surface area (Å²) < 4.78 is 22.4. The molecule has 0 aliphatic carbocycles. The topological polar surface area (TPSA) is 66.6 Å². The second-order valence-corrected chi connectivity index (χ2v) is 7.02. The molecule has 4 rings (SSSR count). The SMILES string of the molecule is c1ccc(OCCSCc2nnc(-c3ccc(C4OCCO4)cc3)o2)cc1. The number of ether oxygens (including phenoxy) is 3. The summed E-state index contributed by atoms with van der Waals surface area (Å²) in [6, 6.07) is 17.6. The van der Waals surface area contributed by atoms with Gasteiger partial charge in [0.2, 0.25) is 11.8 Å². The highest BCUT2D eigenvalue weighted by atomic mass is 32.2. The summed E-state index contributed by atoms with van der Waals surface area (Å²) in [4.78, 5) is 0. The maximum atomic E-state index is 5.75. The van der Waals surface area contributed by atoms with Crippen LogP contribution in [0, 0.1) is 0 Å². The molecule has 140 valence electrons. The van der Waals surface area contributed by atoms with Gasteiger partial charge in [0.15, 0.2) is 6.29 Å². The van der Waals surface area contributed by atoms with Crippen molar-refractivity contribution in [1.82, 2.24) is 10.2 Å². The Kier molecular flexibility index (Phi) is 6.03. The van der Waals surface area contributed by atoms with E-state index in [9.17, 15) is 0 Å². The number of nitrogens with zero attached hydrogens (tertiary/aromatic N) is 2. The van der Waals surface area contributed by atoms with Crippen LogP contribution in [-0.2, 0) is 15.2 Å². The molecule has 0 amide bonds. The van der Waals surface area contributed by atoms with Crippen molar-refractivity contribution in [2.45, 2.75) is 12.0 Å². The number of aromatic nitrogens is 2. The first kappa shape index (κ1) is 18.0. The van der Waals surface area contributed by atoms with E-state index >= 15 is 0 Å². The van der Waals surface area contributed by atoms with Crippen LogP contribution >= 0.6 is 11.8 Å². The molecule has 0 bridgehead atoms. The highest BCUT2D eigenvalue weighted by molar-refractivity contribution is 7.98. The molecular formula is C20H20N2O4S. The molecule has 1 aliphatic rings. The van der Waals surface area contributed by atoms with E-state index in [1.54, 1.807) is 11.8 Å². The van der Waals surface area contributed by atoms with Gasteiger partial charge < -0.3 is 18.6 Å². The molecule has 0 N–H and O–H groups in total. The zero-order valence-corrected chi connectivity index (χ0v) is 15.6. The van der Waals surface area contributed by atoms with Crippen molar-refractivity contribution >= 4 is 11.8 Å². The monoisotopic (exact) mass is 384 g/mol. The first-order valence-electron chi connectivity index (χ1n) is 8.80. The predicted octanol–water partition coefficient (Wildman–Crippen LogP) is 4.09. The van der Waals surface area contributed by atoms with Gasteiger partial charge >= 0.3 is 0 Å². The van der Waals surface area contributed by atoms with Crippen LogP contribution in [0.2, 0.25) is 0 Å². The minimum absolute atomic E-state index is 0.271. The molecule has 0 unspecified atom stereocenters. The summed E-state index contributed by atoms with van der Waals surface area (Å²) >= 11 is 1.70. The third kappa shape index (κ3) is 4.88. The fourth-order valence-electron chi connectivity index (χ4n) is 2.66. The van der Waals surface area contributed by atoms with Crippen molar-refractivity contribution in [3.63, 3.8) is 0 Å². The lowest BCUT2D eigenvalue weighted by molar-refractivity contribution is -0.0441. The van der Waals surface area contributed by atoms with Crippen molar-refractivity contribution in [2.75, 3.05) is 25.6 Å². The van der Waals surface area contributed by atoms with E-state index in [2.05, 4.69) is 10.2 Å². The smallest absolute Gasteiger partial charge is 0.247 e. The molecule has 1 fully saturated rings. The average Bonchev–Trinajstić information content (AvgIpc) is 3.41. The van der Waals surface area contributed by atoms with Crippen LogP contribution in [0.1, 0.15) is 17.7 Å². The molecule has 0 spiro atoms. The molecular weight excluding hydrogens is 364 g/mol. The number of thioether (sulfide) groups is 1. The van der Waals surface area contributed by atoms with Crippen LogP contribution in [0.15, 0.2) is 59.0 Å². The van der Waals surface area contributed by atoms with Crippen LogP contribution in [0.4, 0.5) is 0 Å². The fraction of sp³-hybridized carbons (Fsp3) is 0.300. The van der Waals surface area contributed by atoms with E-state index in [4.69, 9.17) is 18.6 Å². The van der Waals surface area contributed by atoms with Crippen LogP contribution in [0.3, 0.4) is 0 Å². The van der Waals surface area contributed by atoms with E-state index in [-0.39, 0.29) is 6.29 Å². The van der Waals surface area contributed by atoms with E-state index in [1.807, 2.05) is 54.6 Å². The Morgan fingerprint density at radius 3 is 2.52 bits per heavy atom. The summed E-state index contributed by atoms with van der Waals surface area (Å²) in [6.07, 6.45) is -0.271. The van der Waals surface area contributed by atoms with Crippen LogP contribution in [0.25, 0.3) is 11.5 Å². The lowest BCUT2D eigenvalue weighted by atomic mass is 10.1. The summed E-state index contributed by atoms with van der Waals surface area (Å²) in [5.74, 6) is 3.53. The average molecular weight is 384 g/mol. The predicted molar refractivity (Wildman–Crippen MR) is 102 cm³/mol. The van der Waals surface area contributed by atoms with Gasteiger partial charge in [0.05, 0.1) is 25.6 Å². The zero-order chi connectivity index (χ0) is 18.3. The fourth-order valence-corrected chi connectivity index (χ4v) is 3.29.